The molecule has 186 valence electrons. The highest BCUT2D eigenvalue weighted by atomic mass is 79.9. The Bertz CT molecular complexity index is 1280. The van der Waals surface area contributed by atoms with Gasteiger partial charge in [0.15, 0.2) is 5.82 Å². The lowest BCUT2D eigenvalue weighted by molar-refractivity contribution is 0.122. The van der Waals surface area contributed by atoms with Gasteiger partial charge >= 0.3 is 0 Å². The van der Waals surface area contributed by atoms with E-state index in [1.807, 2.05) is 12.1 Å². The maximum Gasteiger partial charge on any atom is 0.237 e. The molecule has 10 nitrogen and oxygen atoms in total. The zero-order chi connectivity index (χ0) is 25.0. The molecule has 1 aliphatic rings. The molecule has 0 unspecified atom stereocenters. The highest BCUT2D eigenvalue weighted by Crippen LogP contribution is 2.36. The number of methoxy groups -OCH3 is 2. The van der Waals surface area contributed by atoms with Crippen molar-refractivity contribution < 1.29 is 22.6 Å². The standard InChI is InChI=1S/C23H26BrN5O5S/c1-32-18-8-9-21(33-2)20(14-18)26-23-25-15-19(24)22(27-23)29(35(3,30)31)17-6-4-16(5-7-17)28-10-12-34-13-11-28/h4-9,14-15H,10-13H2,1-3H3,(H,25,26,27). The summed E-state index contributed by atoms with van der Waals surface area (Å²) in [6.07, 6.45) is 2.63. The largest absolute Gasteiger partial charge is 0.497 e. The van der Waals surface area contributed by atoms with Gasteiger partial charge in [-0.15, -0.1) is 0 Å². The molecule has 3 aromatic rings. The highest BCUT2D eigenvalue weighted by molar-refractivity contribution is 9.10. The summed E-state index contributed by atoms with van der Waals surface area (Å²) in [4.78, 5) is 11.0. The SMILES string of the molecule is COc1ccc(OC)c(Nc2ncc(Br)c(N(c3ccc(N4CCOCC4)cc3)S(C)(=O)=O)n2)c1. The fourth-order valence-corrected chi connectivity index (χ4v) is 5.13. The summed E-state index contributed by atoms with van der Waals surface area (Å²) >= 11 is 3.41. The van der Waals surface area contributed by atoms with Gasteiger partial charge < -0.3 is 24.4 Å². The molecule has 1 saturated heterocycles. The van der Waals surface area contributed by atoms with E-state index < -0.39 is 10.0 Å². The fraction of sp³-hybridized carbons (Fsp3) is 0.304. The van der Waals surface area contributed by atoms with E-state index in [2.05, 4.69) is 36.1 Å². The third kappa shape index (κ3) is 5.77. The summed E-state index contributed by atoms with van der Waals surface area (Å²) < 4.78 is 43.5. The van der Waals surface area contributed by atoms with Crippen LogP contribution in [0.2, 0.25) is 0 Å². The van der Waals surface area contributed by atoms with Crippen molar-refractivity contribution in [3.05, 3.63) is 53.1 Å². The summed E-state index contributed by atoms with van der Waals surface area (Å²) in [5, 5.41) is 3.09. The van der Waals surface area contributed by atoms with Crippen molar-refractivity contribution in [3.8, 4) is 11.5 Å². The first-order chi connectivity index (χ1) is 16.8. The molecule has 12 heteroatoms. The van der Waals surface area contributed by atoms with Crippen LogP contribution in [0.1, 0.15) is 0 Å². The number of ether oxygens (including phenoxy) is 3. The number of nitrogens with zero attached hydrogens (tertiary/aromatic N) is 4. The first-order valence-electron chi connectivity index (χ1n) is 10.7. The van der Waals surface area contributed by atoms with Crippen molar-refractivity contribution in [2.75, 3.05) is 61.3 Å². The van der Waals surface area contributed by atoms with Gasteiger partial charge in [-0.25, -0.2) is 17.7 Å². The van der Waals surface area contributed by atoms with Crippen molar-refractivity contribution in [2.24, 2.45) is 0 Å². The number of anilines is 5. The van der Waals surface area contributed by atoms with Gasteiger partial charge in [0, 0.05) is 31.0 Å². The molecule has 0 aliphatic carbocycles. The minimum absolute atomic E-state index is 0.172. The Labute approximate surface area is 213 Å². The molecule has 2 aromatic carbocycles. The molecule has 0 atom stereocenters. The van der Waals surface area contributed by atoms with Crippen LogP contribution < -0.4 is 24.0 Å². The number of hydrogen-bond donors (Lipinski definition) is 1. The smallest absolute Gasteiger partial charge is 0.237 e. The molecule has 0 bridgehead atoms. The summed E-state index contributed by atoms with van der Waals surface area (Å²) in [6, 6.07) is 12.6. The number of aromatic nitrogens is 2. The van der Waals surface area contributed by atoms with Crippen LogP contribution in [-0.2, 0) is 14.8 Å². The van der Waals surface area contributed by atoms with E-state index in [1.165, 1.54) is 10.5 Å². The number of benzene rings is 2. The quantitative estimate of drug-likeness (QED) is 0.436. The Kier molecular flexibility index (Phi) is 7.63. The van der Waals surface area contributed by atoms with E-state index in [4.69, 9.17) is 14.2 Å². The normalized spacial score (nSPS) is 13.9. The molecule has 0 saturated carbocycles. The maximum absolute atomic E-state index is 12.9. The zero-order valence-corrected chi connectivity index (χ0v) is 22.0. The Balaban J connectivity index is 1.69. The average Bonchev–Trinajstić information content (AvgIpc) is 2.86. The van der Waals surface area contributed by atoms with Gasteiger partial charge in [-0.05, 0) is 52.3 Å². The Morgan fingerprint density at radius 1 is 1.09 bits per heavy atom. The van der Waals surface area contributed by atoms with Crippen molar-refractivity contribution in [1.82, 2.24) is 9.97 Å². The molecular formula is C23H26BrN5O5S. The number of hydrogen-bond acceptors (Lipinski definition) is 9. The van der Waals surface area contributed by atoms with E-state index >= 15 is 0 Å². The monoisotopic (exact) mass is 563 g/mol. The molecule has 0 amide bonds. The van der Waals surface area contributed by atoms with Crippen molar-refractivity contribution in [2.45, 2.75) is 0 Å². The molecule has 4 rings (SSSR count). The van der Waals surface area contributed by atoms with Crippen molar-refractivity contribution >= 4 is 54.8 Å². The van der Waals surface area contributed by atoms with Crippen LogP contribution in [0, 0.1) is 0 Å². The maximum atomic E-state index is 12.9. The molecule has 0 spiro atoms. The predicted octanol–water partition coefficient (Wildman–Crippen LogP) is 3.93. The number of rotatable bonds is 8. The molecule has 1 fully saturated rings. The van der Waals surface area contributed by atoms with E-state index in [-0.39, 0.29) is 11.8 Å². The molecule has 1 N–H and O–H groups in total. The van der Waals surface area contributed by atoms with Crippen LogP contribution in [0.15, 0.2) is 53.1 Å². The summed E-state index contributed by atoms with van der Waals surface area (Å²) in [5.41, 5.74) is 2.02. The molecule has 1 aliphatic heterocycles. The van der Waals surface area contributed by atoms with Crippen LogP contribution in [0.5, 0.6) is 11.5 Å². The van der Waals surface area contributed by atoms with Crippen LogP contribution in [0.4, 0.5) is 28.8 Å². The van der Waals surface area contributed by atoms with Gasteiger partial charge in [-0.1, -0.05) is 0 Å². The van der Waals surface area contributed by atoms with Gasteiger partial charge in [0.1, 0.15) is 11.5 Å². The zero-order valence-electron chi connectivity index (χ0n) is 19.6. The molecule has 35 heavy (non-hydrogen) atoms. The van der Waals surface area contributed by atoms with E-state index in [0.29, 0.717) is 40.6 Å². The van der Waals surface area contributed by atoms with Gasteiger partial charge in [0.25, 0.3) is 0 Å². The predicted molar refractivity (Wildman–Crippen MR) is 139 cm³/mol. The second-order valence-electron chi connectivity index (χ2n) is 7.70. The summed E-state index contributed by atoms with van der Waals surface area (Å²) in [6.45, 7) is 2.91. The lowest BCUT2D eigenvalue weighted by Crippen LogP contribution is -2.36. The lowest BCUT2D eigenvalue weighted by atomic mass is 10.2. The minimum Gasteiger partial charge on any atom is -0.497 e. The number of morpholine rings is 1. The molecule has 2 heterocycles. The second-order valence-corrected chi connectivity index (χ2v) is 10.4. The molecule has 1 aromatic heterocycles. The van der Waals surface area contributed by atoms with Gasteiger partial charge in [0.05, 0.1) is 49.5 Å². The topological polar surface area (TPSA) is 106 Å². The first-order valence-corrected chi connectivity index (χ1v) is 13.4. The fourth-order valence-electron chi connectivity index (χ4n) is 3.68. The van der Waals surface area contributed by atoms with Gasteiger partial charge in [-0.3, -0.25) is 0 Å². The van der Waals surface area contributed by atoms with Crippen LogP contribution in [-0.4, -0.2) is 65.2 Å². The number of sulfonamides is 1. The van der Waals surface area contributed by atoms with Crippen molar-refractivity contribution in [1.29, 1.82) is 0 Å². The summed E-state index contributed by atoms with van der Waals surface area (Å²) in [5.74, 6) is 1.53. The van der Waals surface area contributed by atoms with E-state index in [0.717, 1.165) is 25.0 Å². The van der Waals surface area contributed by atoms with Crippen LogP contribution >= 0.6 is 15.9 Å². The van der Waals surface area contributed by atoms with E-state index in [1.54, 1.807) is 44.6 Å². The number of nitrogens with one attached hydrogen (secondary N) is 1. The third-order valence-corrected chi connectivity index (χ3v) is 6.97. The Morgan fingerprint density at radius 2 is 1.80 bits per heavy atom. The number of halogens is 1. The van der Waals surface area contributed by atoms with Gasteiger partial charge in [0.2, 0.25) is 16.0 Å². The Morgan fingerprint density at radius 3 is 2.43 bits per heavy atom. The third-order valence-electron chi connectivity index (χ3n) is 5.36. The van der Waals surface area contributed by atoms with Gasteiger partial charge in [-0.2, -0.15) is 4.98 Å². The highest BCUT2D eigenvalue weighted by Gasteiger charge is 2.25. The lowest BCUT2D eigenvalue weighted by Gasteiger charge is -2.29. The molecule has 0 radical (unpaired) electrons. The van der Waals surface area contributed by atoms with Crippen molar-refractivity contribution in [3.63, 3.8) is 0 Å². The molecular weight excluding hydrogens is 538 g/mol. The average molecular weight is 564 g/mol. The van der Waals surface area contributed by atoms with E-state index in [9.17, 15) is 8.42 Å². The summed E-state index contributed by atoms with van der Waals surface area (Å²) in [7, 11) is -0.625. The first kappa shape index (κ1) is 25.0. The second kappa shape index (κ2) is 10.7. The minimum atomic E-state index is -3.74. The Hall–Kier alpha value is -3.09. The van der Waals surface area contributed by atoms with Crippen LogP contribution in [0.3, 0.4) is 0 Å². The van der Waals surface area contributed by atoms with Crippen LogP contribution in [0.25, 0.3) is 0 Å².